The fraction of sp³-hybridized carbons (Fsp3) is 0.250. The summed E-state index contributed by atoms with van der Waals surface area (Å²) in [5, 5.41) is 16.9. The van der Waals surface area contributed by atoms with Crippen LogP contribution in [-0.2, 0) is 4.74 Å². The molecule has 1 saturated heterocycles. The Morgan fingerprint density at radius 3 is 2.24 bits per heavy atom. The highest BCUT2D eigenvalue weighted by atomic mass is 16.5. The first-order chi connectivity index (χ1) is 14.4. The summed E-state index contributed by atoms with van der Waals surface area (Å²) in [5.41, 5.74) is 2.52. The molecule has 3 heterocycles. The van der Waals surface area contributed by atoms with Crippen molar-refractivity contribution in [1.82, 2.24) is 15.0 Å². The molecule has 0 aliphatic carbocycles. The predicted octanol–water partition coefficient (Wildman–Crippen LogP) is 4.27. The fourth-order valence-electron chi connectivity index (χ4n) is 2.79. The van der Waals surface area contributed by atoms with Crippen molar-refractivity contribution in [2.24, 2.45) is 20.5 Å². The summed E-state index contributed by atoms with van der Waals surface area (Å²) in [4.78, 5) is 14.7. The van der Waals surface area contributed by atoms with E-state index in [2.05, 4.69) is 40.3 Å². The summed E-state index contributed by atoms with van der Waals surface area (Å²) >= 11 is 0. The number of morpholine rings is 1. The smallest absolute Gasteiger partial charge is 0.268 e. The van der Waals surface area contributed by atoms with Crippen molar-refractivity contribution in [3.8, 4) is 0 Å². The Hall–Kier alpha value is -3.59. The minimum Gasteiger partial charge on any atom is -0.378 e. The van der Waals surface area contributed by atoms with Gasteiger partial charge in [0.15, 0.2) is 0 Å². The second-order valence-corrected chi connectivity index (χ2v) is 6.22. The molecule has 4 rings (SSSR count). The van der Waals surface area contributed by atoms with Gasteiger partial charge in [-0.3, -0.25) is 4.98 Å². The fourth-order valence-corrected chi connectivity index (χ4v) is 2.79. The van der Waals surface area contributed by atoms with Crippen LogP contribution < -0.4 is 4.90 Å². The van der Waals surface area contributed by atoms with Gasteiger partial charge in [-0.25, -0.2) is 9.97 Å². The van der Waals surface area contributed by atoms with Crippen LogP contribution in [0.4, 0.5) is 17.3 Å². The third kappa shape index (κ3) is 5.23. The summed E-state index contributed by atoms with van der Waals surface area (Å²) in [5.74, 6) is 0.262. The molecular weight excluding hydrogens is 368 g/mol. The van der Waals surface area contributed by atoms with Gasteiger partial charge < -0.3 is 9.64 Å². The van der Waals surface area contributed by atoms with Gasteiger partial charge in [-0.1, -0.05) is 6.07 Å². The van der Waals surface area contributed by atoms with E-state index in [0.717, 1.165) is 37.7 Å². The minimum atomic E-state index is -0.682. The van der Waals surface area contributed by atoms with Crippen molar-refractivity contribution in [3.63, 3.8) is 0 Å². The third-order valence-electron chi connectivity index (χ3n) is 4.27. The molecule has 1 fully saturated rings. The van der Waals surface area contributed by atoms with E-state index in [0.29, 0.717) is 5.69 Å². The van der Waals surface area contributed by atoms with Gasteiger partial charge in [0.05, 0.1) is 24.6 Å². The zero-order valence-corrected chi connectivity index (χ0v) is 15.7. The molecule has 1 unspecified atom stereocenters. The number of anilines is 1. The van der Waals surface area contributed by atoms with Crippen molar-refractivity contribution < 1.29 is 4.74 Å². The average Bonchev–Trinajstić information content (AvgIpc) is 2.81. The molecule has 0 radical (unpaired) electrons. The van der Waals surface area contributed by atoms with E-state index < -0.39 is 6.17 Å². The molecule has 0 N–H and O–H groups in total. The van der Waals surface area contributed by atoms with Gasteiger partial charge in [0.25, 0.3) is 5.95 Å². The van der Waals surface area contributed by atoms with E-state index in [9.17, 15) is 0 Å². The number of benzene rings is 1. The molecule has 146 valence electrons. The lowest BCUT2D eigenvalue weighted by molar-refractivity contribution is 0.122. The van der Waals surface area contributed by atoms with E-state index in [1.165, 1.54) is 0 Å². The van der Waals surface area contributed by atoms with E-state index in [1.807, 2.05) is 42.5 Å². The summed E-state index contributed by atoms with van der Waals surface area (Å²) in [6, 6.07) is 15.2. The van der Waals surface area contributed by atoms with Crippen LogP contribution in [0.3, 0.4) is 0 Å². The maximum Gasteiger partial charge on any atom is 0.268 e. The molecule has 1 aliphatic rings. The van der Waals surface area contributed by atoms with Crippen molar-refractivity contribution in [2.75, 3.05) is 31.2 Å². The number of hydrogen-bond acceptors (Lipinski definition) is 9. The Bertz CT molecular complexity index is 941. The molecule has 1 aromatic carbocycles. The van der Waals surface area contributed by atoms with Crippen molar-refractivity contribution in [1.29, 1.82) is 0 Å². The molecular formula is C20H20N8O. The zero-order valence-electron chi connectivity index (χ0n) is 15.7. The van der Waals surface area contributed by atoms with E-state index in [4.69, 9.17) is 4.74 Å². The highest BCUT2D eigenvalue weighted by Crippen LogP contribution is 2.24. The molecule has 2 aromatic heterocycles. The maximum atomic E-state index is 5.40. The zero-order chi connectivity index (χ0) is 19.7. The Morgan fingerprint density at radius 1 is 0.793 bits per heavy atom. The van der Waals surface area contributed by atoms with E-state index >= 15 is 0 Å². The number of hydrogen-bond donors (Lipinski definition) is 0. The molecule has 0 saturated carbocycles. The van der Waals surface area contributed by atoms with Crippen LogP contribution in [0.15, 0.2) is 87.6 Å². The topological polar surface area (TPSA) is 101 Å². The Kier molecular flexibility index (Phi) is 6.18. The molecule has 9 nitrogen and oxygen atoms in total. The molecule has 9 heteroatoms. The van der Waals surface area contributed by atoms with Gasteiger partial charge in [-0.05, 0) is 42.5 Å². The number of ether oxygens (including phenoxy) is 1. The van der Waals surface area contributed by atoms with Gasteiger partial charge in [-0.15, -0.1) is 10.2 Å². The SMILES string of the molecule is c1ccc(C(N=Nc2ccc(N3CCOCC3)cc2)N=Nc2ncccn2)nc1. The number of azo groups is 2. The van der Waals surface area contributed by atoms with Crippen molar-refractivity contribution in [3.05, 3.63) is 72.8 Å². The van der Waals surface area contributed by atoms with Crippen LogP contribution in [0.25, 0.3) is 0 Å². The molecule has 0 bridgehead atoms. The van der Waals surface area contributed by atoms with Crippen LogP contribution in [0.2, 0.25) is 0 Å². The quantitative estimate of drug-likeness (QED) is 0.587. The Labute approximate surface area is 168 Å². The predicted molar refractivity (Wildman–Crippen MR) is 108 cm³/mol. The lowest BCUT2D eigenvalue weighted by atomic mass is 10.2. The van der Waals surface area contributed by atoms with Gasteiger partial charge in [-0.2, -0.15) is 10.2 Å². The monoisotopic (exact) mass is 388 g/mol. The van der Waals surface area contributed by atoms with Gasteiger partial charge >= 0.3 is 0 Å². The highest BCUT2D eigenvalue weighted by Gasteiger charge is 2.12. The van der Waals surface area contributed by atoms with Crippen LogP contribution in [0.1, 0.15) is 11.9 Å². The molecule has 1 aliphatic heterocycles. The minimum absolute atomic E-state index is 0.262. The first-order valence-electron chi connectivity index (χ1n) is 9.31. The van der Waals surface area contributed by atoms with E-state index in [1.54, 1.807) is 24.7 Å². The largest absolute Gasteiger partial charge is 0.378 e. The standard InChI is InChI=1S/C20H20N8O/c1-2-9-21-18(4-1)19(26-27-20-22-10-3-11-23-20)25-24-16-5-7-17(8-6-16)28-12-14-29-15-13-28/h1-11,19H,12-15H2. The van der Waals surface area contributed by atoms with Crippen LogP contribution in [-0.4, -0.2) is 41.3 Å². The van der Waals surface area contributed by atoms with Crippen molar-refractivity contribution in [2.45, 2.75) is 6.17 Å². The summed E-state index contributed by atoms with van der Waals surface area (Å²) in [6.07, 6.45) is 4.21. The molecule has 29 heavy (non-hydrogen) atoms. The summed E-state index contributed by atoms with van der Waals surface area (Å²) in [6.45, 7) is 3.29. The second-order valence-electron chi connectivity index (χ2n) is 6.22. The molecule has 0 amide bonds. The lowest BCUT2D eigenvalue weighted by Crippen LogP contribution is -2.36. The molecule has 0 spiro atoms. The van der Waals surface area contributed by atoms with Gasteiger partial charge in [0.2, 0.25) is 6.17 Å². The first-order valence-corrected chi connectivity index (χ1v) is 9.31. The number of aromatic nitrogens is 3. The second kappa shape index (κ2) is 9.56. The van der Waals surface area contributed by atoms with Crippen LogP contribution >= 0.6 is 0 Å². The van der Waals surface area contributed by atoms with Gasteiger partial charge in [0.1, 0.15) is 0 Å². The van der Waals surface area contributed by atoms with Crippen molar-refractivity contribution >= 4 is 17.3 Å². The maximum absolute atomic E-state index is 5.40. The number of rotatable bonds is 6. The van der Waals surface area contributed by atoms with E-state index in [-0.39, 0.29) is 5.95 Å². The first kappa shape index (κ1) is 18.8. The normalized spacial score (nSPS) is 15.8. The van der Waals surface area contributed by atoms with Crippen LogP contribution in [0.5, 0.6) is 0 Å². The molecule has 1 atom stereocenters. The Balaban J connectivity index is 1.50. The summed E-state index contributed by atoms with van der Waals surface area (Å²) < 4.78 is 5.40. The number of nitrogens with zero attached hydrogens (tertiary/aromatic N) is 8. The van der Waals surface area contributed by atoms with Crippen LogP contribution in [0, 0.1) is 0 Å². The summed E-state index contributed by atoms with van der Waals surface area (Å²) in [7, 11) is 0. The number of pyridine rings is 1. The lowest BCUT2D eigenvalue weighted by Gasteiger charge is -2.28. The third-order valence-corrected chi connectivity index (χ3v) is 4.27. The molecule has 3 aromatic rings. The highest BCUT2D eigenvalue weighted by molar-refractivity contribution is 5.52. The Morgan fingerprint density at radius 2 is 1.52 bits per heavy atom. The van der Waals surface area contributed by atoms with Gasteiger partial charge in [0, 0.05) is 37.4 Å². The average molecular weight is 388 g/mol.